The lowest BCUT2D eigenvalue weighted by Gasteiger charge is -2.30. The van der Waals surface area contributed by atoms with Crippen LogP contribution in [0.2, 0.25) is 0 Å². The number of nitrogens with one attached hydrogen (secondary N) is 1. The van der Waals surface area contributed by atoms with Crippen molar-refractivity contribution in [2.24, 2.45) is 0 Å². The molecule has 0 spiro atoms. The predicted octanol–water partition coefficient (Wildman–Crippen LogP) is 2.07. The Labute approximate surface area is 117 Å². The van der Waals surface area contributed by atoms with E-state index in [0.29, 0.717) is 18.0 Å². The van der Waals surface area contributed by atoms with Crippen molar-refractivity contribution in [3.63, 3.8) is 0 Å². The highest BCUT2D eigenvalue weighted by atomic mass is 15.2. The maximum atomic E-state index is 4.44. The van der Waals surface area contributed by atoms with Crippen molar-refractivity contribution in [2.45, 2.75) is 39.8 Å². The van der Waals surface area contributed by atoms with Gasteiger partial charge in [0.15, 0.2) is 0 Å². The second-order valence-electron chi connectivity index (χ2n) is 5.48. The quantitative estimate of drug-likeness (QED) is 0.817. The van der Waals surface area contributed by atoms with Gasteiger partial charge >= 0.3 is 0 Å². The molecule has 0 bridgehead atoms. The predicted molar refractivity (Wildman–Crippen MR) is 81.8 cm³/mol. The summed E-state index contributed by atoms with van der Waals surface area (Å²) < 4.78 is 0. The molecule has 0 aliphatic carbocycles. The molecule has 108 valence electrons. The average molecular weight is 265 g/mol. The Morgan fingerprint density at radius 1 is 1.16 bits per heavy atom. The molecule has 0 fully saturated rings. The fraction of sp³-hybridized carbons (Fsp3) is 0.714. The van der Waals surface area contributed by atoms with Crippen LogP contribution in [0.15, 0.2) is 12.3 Å². The molecule has 0 unspecified atom stereocenters. The van der Waals surface area contributed by atoms with Gasteiger partial charge in [0, 0.05) is 45.5 Å². The number of anilines is 2. The SMILES string of the molecule is CC(C)N(CCNc1nccc(N(C)C)n1)C(C)C. The van der Waals surface area contributed by atoms with Crippen molar-refractivity contribution in [3.05, 3.63) is 12.3 Å². The second-order valence-corrected chi connectivity index (χ2v) is 5.48. The Kier molecular flexibility index (Phi) is 6.02. The molecule has 0 saturated heterocycles. The molecule has 0 aliphatic heterocycles. The first-order valence-electron chi connectivity index (χ1n) is 6.91. The van der Waals surface area contributed by atoms with Crippen LogP contribution in [-0.4, -0.2) is 54.1 Å². The number of hydrogen-bond donors (Lipinski definition) is 1. The first-order valence-corrected chi connectivity index (χ1v) is 6.91. The van der Waals surface area contributed by atoms with Crippen LogP contribution in [0.5, 0.6) is 0 Å². The number of rotatable bonds is 7. The van der Waals surface area contributed by atoms with Crippen LogP contribution in [0.4, 0.5) is 11.8 Å². The third-order valence-corrected chi connectivity index (χ3v) is 3.08. The molecule has 0 radical (unpaired) electrons. The maximum Gasteiger partial charge on any atom is 0.224 e. The van der Waals surface area contributed by atoms with Crippen molar-refractivity contribution in [3.8, 4) is 0 Å². The van der Waals surface area contributed by atoms with Crippen LogP contribution in [0.25, 0.3) is 0 Å². The Morgan fingerprint density at radius 2 is 1.79 bits per heavy atom. The molecule has 0 saturated carbocycles. The monoisotopic (exact) mass is 265 g/mol. The van der Waals surface area contributed by atoms with Gasteiger partial charge in [0.25, 0.3) is 0 Å². The van der Waals surface area contributed by atoms with Crippen LogP contribution in [0, 0.1) is 0 Å². The third-order valence-electron chi connectivity index (χ3n) is 3.08. The maximum absolute atomic E-state index is 4.44. The topological polar surface area (TPSA) is 44.3 Å². The molecule has 0 aromatic carbocycles. The summed E-state index contributed by atoms with van der Waals surface area (Å²) in [5.41, 5.74) is 0. The van der Waals surface area contributed by atoms with Gasteiger partial charge in [-0.25, -0.2) is 4.98 Å². The summed E-state index contributed by atoms with van der Waals surface area (Å²) in [6.45, 7) is 10.7. The third kappa shape index (κ3) is 5.03. The molecule has 5 heteroatoms. The average Bonchev–Trinajstić information content (AvgIpc) is 2.34. The normalized spacial score (nSPS) is 11.4. The standard InChI is InChI=1S/C14H27N5/c1-11(2)19(12(3)4)10-9-16-14-15-8-7-13(17-14)18(5)6/h7-8,11-12H,9-10H2,1-6H3,(H,15,16,17). The zero-order valence-electron chi connectivity index (χ0n) is 13.0. The summed E-state index contributed by atoms with van der Waals surface area (Å²) in [7, 11) is 3.96. The van der Waals surface area contributed by atoms with E-state index in [0.717, 1.165) is 18.9 Å². The van der Waals surface area contributed by atoms with Crippen molar-refractivity contribution < 1.29 is 0 Å². The van der Waals surface area contributed by atoms with Crippen LogP contribution in [0.3, 0.4) is 0 Å². The van der Waals surface area contributed by atoms with Gasteiger partial charge in [-0.15, -0.1) is 0 Å². The number of nitrogens with zero attached hydrogens (tertiary/aromatic N) is 4. The van der Waals surface area contributed by atoms with E-state index in [2.05, 4.69) is 47.9 Å². The van der Waals surface area contributed by atoms with E-state index in [1.165, 1.54) is 0 Å². The minimum atomic E-state index is 0.552. The Hall–Kier alpha value is -1.36. The molecule has 1 N–H and O–H groups in total. The van der Waals surface area contributed by atoms with E-state index in [-0.39, 0.29) is 0 Å². The van der Waals surface area contributed by atoms with Crippen LogP contribution >= 0.6 is 0 Å². The zero-order valence-corrected chi connectivity index (χ0v) is 13.0. The zero-order chi connectivity index (χ0) is 14.4. The first kappa shape index (κ1) is 15.7. The van der Waals surface area contributed by atoms with Gasteiger partial charge in [-0.2, -0.15) is 4.98 Å². The summed E-state index contributed by atoms with van der Waals surface area (Å²) in [6.07, 6.45) is 1.79. The highest BCUT2D eigenvalue weighted by molar-refractivity contribution is 5.40. The van der Waals surface area contributed by atoms with E-state index >= 15 is 0 Å². The van der Waals surface area contributed by atoms with Crippen LogP contribution in [0.1, 0.15) is 27.7 Å². The molecular weight excluding hydrogens is 238 g/mol. The van der Waals surface area contributed by atoms with Crippen LogP contribution in [-0.2, 0) is 0 Å². The van der Waals surface area contributed by atoms with E-state index in [9.17, 15) is 0 Å². The molecule has 5 nitrogen and oxygen atoms in total. The highest BCUT2D eigenvalue weighted by Gasteiger charge is 2.12. The molecular formula is C14H27N5. The fourth-order valence-electron chi connectivity index (χ4n) is 2.09. The molecule has 1 heterocycles. The first-order chi connectivity index (χ1) is 8.91. The van der Waals surface area contributed by atoms with Crippen molar-refractivity contribution in [1.82, 2.24) is 14.9 Å². The largest absolute Gasteiger partial charge is 0.363 e. The van der Waals surface area contributed by atoms with E-state index in [1.807, 2.05) is 25.1 Å². The molecule has 19 heavy (non-hydrogen) atoms. The van der Waals surface area contributed by atoms with Gasteiger partial charge < -0.3 is 10.2 Å². The minimum Gasteiger partial charge on any atom is -0.363 e. The van der Waals surface area contributed by atoms with E-state index in [1.54, 1.807) is 6.20 Å². The lowest BCUT2D eigenvalue weighted by atomic mass is 10.2. The lowest BCUT2D eigenvalue weighted by Crippen LogP contribution is -2.40. The van der Waals surface area contributed by atoms with Crippen molar-refractivity contribution >= 4 is 11.8 Å². The smallest absolute Gasteiger partial charge is 0.224 e. The van der Waals surface area contributed by atoms with Gasteiger partial charge in [0.2, 0.25) is 5.95 Å². The van der Waals surface area contributed by atoms with Gasteiger partial charge in [0.05, 0.1) is 0 Å². The van der Waals surface area contributed by atoms with Crippen LogP contribution < -0.4 is 10.2 Å². The van der Waals surface area contributed by atoms with E-state index in [4.69, 9.17) is 0 Å². The summed E-state index contributed by atoms with van der Waals surface area (Å²) in [5.74, 6) is 1.61. The minimum absolute atomic E-state index is 0.552. The summed E-state index contributed by atoms with van der Waals surface area (Å²) >= 11 is 0. The van der Waals surface area contributed by atoms with E-state index < -0.39 is 0 Å². The fourth-order valence-corrected chi connectivity index (χ4v) is 2.09. The highest BCUT2D eigenvalue weighted by Crippen LogP contribution is 2.09. The molecule has 1 rings (SSSR count). The van der Waals surface area contributed by atoms with Crippen molar-refractivity contribution in [1.29, 1.82) is 0 Å². The second kappa shape index (κ2) is 7.28. The summed E-state index contributed by atoms with van der Waals surface area (Å²) in [4.78, 5) is 13.1. The van der Waals surface area contributed by atoms with Gasteiger partial charge in [-0.1, -0.05) is 0 Å². The Balaban J connectivity index is 2.50. The van der Waals surface area contributed by atoms with Crippen molar-refractivity contribution in [2.75, 3.05) is 37.4 Å². The summed E-state index contributed by atoms with van der Waals surface area (Å²) in [5, 5.41) is 3.29. The Morgan fingerprint density at radius 3 is 2.32 bits per heavy atom. The molecule has 0 atom stereocenters. The molecule has 0 amide bonds. The number of hydrogen-bond acceptors (Lipinski definition) is 5. The molecule has 0 aliphatic rings. The van der Waals surface area contributed by atoms with Gasteiger partial charge in [0.1, 0.15) is 5.82 Å². The van der Waals surface area contributed by atoms with Gasteiger partial charge in [-0.3, -0.25) is 4.90 Å². The summed E-state index contributed by atoms with van der Waals surface area (Å²) in [6, 6.07) is 3.01. The Bertz CT molecular complexity index is 368. The molecule has 1 aromatic heterocycles. The van der Waals surface area contributed by atoms with Gasteiger partial charge in [-0.05, 0) is 33.8 Å². The number of aromatic nitrogens is 2. The lowest BCUT2D eigenvalue weighted by molar-refractivity contribution is 0.182. The molecule has 1 aromatic rings.